The summed E-state index contributed by atoms with van der Waals surface area (Å²) >= 11 is 0. The van der Waals surface area contributed by atoms with Gasteiger partial charge in [-0.15, -0.1) is 0 Å². The zero-order valence-corrected chi connectivity index (χ0v) is 33.3. The van der Waals surface area contributed by atoms with E-state index >= 15 is 0 Å². The van der Waals surface area contributed by atoms with Crippen molar-refractivity contribution >= 4 is 40.0 Å². The van der Waals surface area contributed by atoms with Gasteiger partial charge in [0.25, 0.3) is 17.4 Å². The molecular formula is C44H52N6O7. The molecule has 2 aromatic carbocycles. The van der Waals surface area contributed by atoms with E-state index in [1.807, 2.05) is 36.3 Å². The number of rotatable bonds is 19. The Kier molecular flexibility index (Phi) is 13.2. The Bertz CT molecular complexity index is 2220. The fourth-order valence-corrected chi connectivity index (χ4v) is 7.84. The highest BCUT2D eigenvalue weighted by Gasteiger charge is 2.45. The fraction of sp³-hybridized carbons (Fsp3) is 0.409. The van der Waals surface area contributed by atoms with Crippen LogP contribution in [0, 0.1) is 0 Å². The Labute approximate surface area is 333 Å². The summed E-state index contributed by atoms with van der Waals surface area (Å²) in [5.74, 6) is 0.212. The molecule has 4 heterocycles. The van der Waals surface area contributed by atoms with Crippen molar-refractivity contribution in [2.24, 2.45) is 7.05 Å². The Morgan fingerprint density at radius 2 is 1.65 bits per heavy atom. The lowest BCUT2D eigenvalue weighted by Crippen LogP contribution is -2.51. The van der Waals surface area contributed by atoms with Crippen LogP contribution in [0.3, 0.4) is 0 Å². The van der Waals surface area contributed by atoms with E-state index in [9.17, 15) is 24.0 Å². The SMILES string of the molecule is C=C1CCC(N2C(=O)c3cccc(NCCCCCCCCCC(=O)CN(C)Cc4c(OC)cc(-c5cn(C)c(=O)c6cnccc56)cc4OC)c3C2=O)C(=O)N1. The summed E-state index contributed by atoms with van der Waals surface area (Å²) < 4.78 is 13.2. The van der Waals surface area contributed by atoms with Crippen molar-refractivity contribution in [2.45, 2.75) is 76.8 Å². The predicted octanol–water partition coefficient (Wildman–Crippen LogP) is 6.24. The number of carbonyl (C=O) groups excluding carboxylic acids is 4. The van der Waals surface area contributed by atoms with E-state index in [4.69, 9.17) is 9.47 Å². The van der Waals surface area contributed by atoms with Gasteiger partial charge in [-0.25, -0.2) is 0 Å². The molecule has 0 saturated carbocycles. The number of ether oxygens (including phenoxy) is 2. The van der Waals surface area contributed by atoms with Crippen LogP contribution in [0.25, 0.3) is 21.9 Å². The number of fused-ring (bicyclic) bond motifs is 2. The molecule has 2 N–H and O–H groups in total. The van der Waals surface area contributed by atoms with Gasteiger partial charge >= 0.3 is 0 Å². The summed E-state index contributed by atoms with van der Waals surface area (Å²) in [5, 5.41) is 7.33. The van der Waals surface area contributed by atoms with Crippen LogP contribution in [-0.2, 0) is 23.2 Å². The molecule has 6 rings (SSSR count). The van der Waals surface area contributed by atoms with Crippen molar-refractivity contribution in [3.8, 4) is 22.6 Å². The number of amides is 3. The molecule has 0 radical (unpaired) electrons. The summed E-state index contributed by atoms with van der Waals surface area (Å²) in [6, 6.07) is 10.1. The number of likely N-dealkylation sites (N-methyl/N-ethyl adjacent to an activating group) is 1. The van der Waals surface area contributed by atoms with Crippen molar-refractivity contribution in [3.63, 3.8) is 0 Å². The van der Waals surface area contributed by atoms with Crippen molar-refractivity contribution in [3.05, 3.63) is 94.3 Å². The third-order valence-corrected chi connectivity index (χ3v) is 10.8. The van der Waals surface area contributed by atoms with Crippen molar-refractivity contribution in [1.82, 2.24) is 24.7 Å². The topological polar surface area (TPSA) is 152 Å². The van der Waals surface area contributed by atoms with Gasteiger partial charge in [-0.05, 0) is 74.0 Å². The lowest BCUT2D eigenvalue weighted by Gasteiger charge is -2.29. The van der Waals surface area contributed by atoms with Crippen LogP contribution >= 0.6 is 0 Å². The molecular weight excluding hydrogens is 725 g/mol. The lowest BCUT2D eigenvalue weighted by molar-refractivity contribution is -0.125. The molecule has 2 aliphatic heterocycles. The highest BCUT2D eigenvalue weighted by atomic mass is 16.5. The summed E-state index contributed by atoms with van der Waals surface area (Å²) in [6.45, 7) is 5.22. The van der Waals surface area contributed by atoms with E-state index < -0.39 is 17.9 Å². The minimum atomic E-state index is -0.832. The first-order valence-corrected chi connectivity index (χ1v) is 19.6. The van der Waals surface area contributed by atoms with Crippen LogP contribution in [0.5, 0.6) is 11.5 Å². The highest BCUT2D eigenvalue weighted by molar-refractivity contribution is 6.25. The quantitative estimate of drug-likeness (QED) is 0.0827. The number of Topliss-reactive ketones (excluding diaryl/α,β-unsaturated/α-hetero) is 1. The molecule has 1 fully saturated rings. The average molecular weight is 777 g/mol. The average Bonchev–Trinajstić information content (AvgIpc) is 3.45. The second kappa shape index (κ2) is 18.4. The van der Waals surface area contributed by atoms with E-state index in [-0.39, 0.29) is 17.2 Å². The number of allylic oxidation sites excluding steroid dienone is 1. The molecule has 13 nitrogen and oxygen atoms in total. The van der Waals surface area contributed by atoms with Gasteiger partial charge in [0.15, 0.2) is 0 Å². The monoisotopic (exact) mass is 776 g/mol. The van der Waals surface area contributed by atoms with E-state index in [1.165, 1.54) is 0 Å². The molecule has 13 heteroatoms. The molecule has 3 amide bonds. The predicted molar refractivity (Wildman–Crippen MR) is 220 cm³/mol. The summed E-state index contributed by atoms with van der Waals surface area (Å²) in [5.41, 5.74) is 4.29. The van der Waals surface area contributed by atoms with Crippen molar-refractivity contribution in [2.75, 3.05) is 39.7 Å². The van der Waals surface area contributed by atoms with E-state index in [1.54, 1.807) is 56.4 Å². The first-order valence-electron chi connectivity index (χ1n) is 19.6. The van der Waals surface area contributed by atoms with Crippen LogP contribution in [0.4, 0.5) is 5.69 Å². The molecule has 1 unspecified atom stereocenters. The molecule has 4 aromatic rings. The number of carbonyl (C=O) groups is 4. The van der Waals surface area contributed by atoms with Gasteiger partial charge in [0, 0.05) is 62.1 Å². The van der Waals surface area contributed by atoms with Crippen molar-refractivity contribution in [1.29, 1.82) is 0 Å². The normalized spacial score (nSPS) is 15.3. The maximum absolute atomic E-state index is 13.3. The number of pyridine rings is 2. The number of unbranched alkanes of at least 4 members (excludes halogenated alkanes) is 6. The number of hydrogen-bond acceptors (Lipinski definition) is 10. The third kappa shape index (κ3) is 9.09. The third-order valence-electron chi connectivity index (χ3n) is 10.8. The Morgan fingerprint density at radius 3 is 2.35 bits per heavy atom. The highest BCUT2D eigenvalue weighted by Crippen LogP contribution is 2.38. The molecule has 300 valence electrons. The minimum absolute atomic E-state index is 0.118. The standard InChI is InChI=1S/C44H52N6O7/c1-28-17-18-37(41(52)47-28)50-43(54)32-15-13-16-36(40(32)44(50)55)46-20-12-10-8-6-7-9-11-14-30(51)25-48(2)26-35-38(56-4)22-29(23-39(35)57-5)34-27-49(3)42(53)33-24-45-21-19-31(33)34/h13,15-16,19,21-24,27,37,46H,1,6-12,14,17-18,20,25-26H2,2-5H3,(H,47,52). The van der Waals surface area contributed by atoms with Gasteiger partial charge in [0.1, 0.15) is 23.3 Å². The summed E-state index contributed by atoms with van der Waals surface area (Å²) in [7, 11) is 6.86. The number of aromatic nitrogens is 2. The zero-order chi connectivity index (χ0) is 40.6. The number of aryl methyl sites for hydroxylation is 1. The van der Waals surface area contributed by atoms with Gasteiger partial charge in [0.2, 0.25) is 5.91 Å². The number of hydrogen-bond donors (Lipinski definition) is 2. The number of nitrogens with one attached hydrogen (secondary N) is 2. The van der Waals surface area contributed by atoms with Crippen LogP contribution in [0.2, 0.25) is 0 Å². The van der Waals surface area contributed by atoms with Crippen molar-refractivity contribution < 1.29 is 28.7 Å². The number of methoxy groups -OCH3 is 2. The fourth-order valence-electron chi connectivity index (χ4n) is 7.84. The molecule has 0 aliphatic carbocycles. The number of benzene rings is 2. The Morgan fingerprint density at radius 1 is 0.947 bits per heavy atom. The second-order valence-electron chi connectivity index (χ2n) is 15.0. The smallest absolute Gasteiger partial charge is 0.264 e. The number of piperidine rings is 1. The number of nitrogens with zero attached hydrogens (tertiary/aromatic N) is 4. The zero-order valence-electron chi connectivity index (χ0n) is 33.3. The molecule has 1 saturated heterocycles. The molecule has 0 bridgehead atoms. The molecule has 2 aromatic heterocycles. The van der Waals surface area contributed by atoms with Crippen LogP contribution in [-0.4, -0.2) is 83.3 Å². The number of ketones is 1. The van der Waals surface area contributed by atoms with E-state index in [0.717, 1.165) is 71.9 Å². The Balaban J connectivity index is 0.901. The maximum atomic E-state index is 13.3. The Hall–Kier alpha value is -5.82. The first kappa shape index (κ1) is 40.8. The van der Waals surface area contributed by atoms with Gasteiger partial charge in [-0.3, -0.25) is 38.8 Å². The van der Waals surface area contributed by atoms with E-state index in [2.05, 4.69) is 22.2 Å². The van der Waals surface area contributed by atoms with Gasteiger partial charge in [0.05, 0.1) is 42.8 Å². The van der Waals surface area contributed by atoms with Gasteiger partial charge < -0.3 is 24.7 Å². The van der Waals surface area contributed by atoms with Gasteiger partial charge in [-0.2, -0.15) is 0 Å². The largest absolute Gasteiger partial charge is 0.496 e. The molecule has 2 aliphatic rings. The number of imide groups is 1. The summed E-state index contributed by atoms with van der Waals surface area (Å²) in [6.07, 6.45) is 13.4. The first-order chi connectivity index (χ1) is 27.5. The molecule has 1 atom stereocenters. The van der Waals surface area contributed by atoms with Crippen LogP contribution < -0.4 is 25.7 Å². The van der Waals surface area contributed by atoms with Crippen LogP contribution in [0.15, 0.2) is 72.1 Å². The molecule has 57 heavy (non-hydrogen) atoms. The van der Waals surface area contributed by atoms with Crippen LogP contribution in [0.1, 0.15) is 90.5 Å². The number of anilines is 1. The van der Waals surface area contributed by atoms with Gasteiger partial charge in [-0.1, -0.05) is 44.7 Å². The van der Waals surface area contributed by atoms with E-state index in [0.29, 0.717) is 78.3 Å². The minimum Gasteiger partial charge on any atom is -0.496 e. The molecule has 0 spiro atoms. The summed E-state index contributed by atoms with van der Waals surface area (Å²) in [4.78, 5) is 71.9. The maximum Gasteiger partial charge on any atom is 0.264 e. The lowest BCUT2D eigenvalue weighted by atomic mass is 9.99. The second-order valence-corrected chi connectivity index (χ2v) is 15.0.